The van der Waals surface area contributed by atoms with Crippen LogP contribution in [0.25, 0.3) is 22.6 Å². The van der Waals surface area contributed by atoms with Gasteiger partial charge < -0.3 is 9.72 Å². The van der Waals surface area contributed by atoms with E-state index < -0.39 is 45.1 Å². The summed E-state index contributed by atoms with van der Waals surface area (Å²) in [6.07, 6.45) is -9.95. The Morgan fingerprint density at radius 2 is 0.761 bits per heavy atom. The smallest absolute Gasteiger partial charge is 0.652 e. The average molecular weight is 1130 g/mol. The van der Waals surface area contributed by atoms with E-state index in [1.54, 1.807) is 36.4 Å². The Bertz CT molecular complexity index is 2760. The van der Waals surface area contributed by atoms with Gasteiger partial charge in [0.25, 0.3) is 0 Å². The van der Waals surface area contributed by atoms with E-state index in [-0.39, 0.29) is 39.5 Å². The summed E-state index contributed by atoms with van der Waals surface area (Å²) in [5, 5.41) is 8.27. The van der Waals surface area contributed by atoms with Crippen molar-refractivity contribution in [2.75, 3.05) is 10.7 Å². The number of rotatable bonds is 10. The zero-order valence-corrected chi connectivity index (χ0v) is 43.1. The quantitative estimate of drug-likeness (QED) is 0.0593. The predicted octanol–water partition coefficient (Wildman–Crippen LogP) is 14.7. The number of nitrogens with zero attached hydrogens (tertiary/aromatic N) is 2. The van der Waals surface area contributed by atoms with Crippen LogP contribution in [0.3, 0.4) is 0 Å². The standard InChI is InChI=1S/C36H28OP2.C17H9F6N2.2CH2Cl2.Cu/c1-5-17-29(18-6-1)38(30-19-7-2-8-20-30)35-27-15-13-25-33(35)37-34-26-14-16-28-36(34)39(31-21-9-3-10-22-31)32-23-11-4-12-24-32;18-16(19,20)11-9-14(17(21,22)23)25-15(11)13-8-4-7-12(24-13)10-5-2-1-3-6-10;2*2-1-3;/h1-28H;1-9H;2*1H2;/q;-1;;;+1/p+2. The number of pyridine rings is 1. The molecule has 2 heterocycles. The van der Waals surface area contributed by atoms with E-state index in [4.69, 9.17) is 51.1 Å². The average Bonchev–Trinajstić information content (AvgIpc) is 3.86. The molecule has 9 aromatic rings. The molecule has 0 N–H and O–H groups in total. The number of hydrogen-bond donors (Lipinski definition) is 0. The molecule has 0 bridgehead atoms. The molecule has 368 valence electrons. The van der Waals surface area contributed by atoms with Crippen LogP contribution < -0.4 is 41.5 Å². The van der Waals surface area contributed by atoms with Gasteiger partial charge in [0, 0.05) is 16.8 Å². The predicted molar refractivity (Wildman–Crippen MR) is 285 cm³/mol. The van der Waals surface area contributed by atoms with Crippen LogP contribution in [0.4, 0.5) is 26.3 Å². The third-order valence-corrected chi connectivity index (χ3v) is 15.8. The van der Waals surface area contributed by atoms with Crippen LogP contribution >= 0.6 is 62.2 Å². The molecule has 3 nitrogen and oxygen atoms in total. The first-order valence-electron chi connectivity index (χ1n) is 21.3. The summed E-state index contributed by atoms with van der Waals surface area (Å²) in [7, 11) is -2.56. The second kappa shape index (κ2) is 28.2. The first-order chi connectivity index (χ1) is 33.9. The Hall–Kier alpha value is -5.11. The molecule has 71 heavy (non-hydrogen) atoms. The van der Waals surface area contributed by atoms with Crippen LogP contribution in [0.2, 0.25) is 0 Å². The second-order valence-electron chi connectivity index (χ2n) is 14.7. The molecule has 0 atom stereocenters. The Balaban J connectivity index is 0.000000253. The molecular formula is C55H43Cl4CuF6N2OP2+2. The summed E-state index contributed by atoms with van der Waals surface area (Å²) >= 11 is 19.1. The van der Waals surface area contributed by atoms with Gasteiger partial charge in [-0.05, 0) is 84.9 Å². The third-order valence-electron chi connectivity index (χ3n) is 10.2. The molecule has 0 radical (unpaired) electrons. The molecule has 0 fully saturated rings. The minimum Gasteiger partial charge on any atom is -0.652 e. The normalized spacial score (nSPS) is 10.9. The fourth-order valence-corrected chi connectivity index (χ4v) is 12.6. The van der Waals surface area contributed by atoms with Crippen molar-refractivity contribution in [3.8, 4) is 34.1 Å². The van der Waals surface area contributed by atoms with Crippen molar-refractivity contribution < 1.29 is 48.1 Å². The van der Waals surface area contributed by atoms with E-state index in [9.17, 15) is 26.3 Å². The van der Waals surface area contributed by atoms with Crippen LogP contribution in [0.5, 0.6) is 11.5 Å². The maximum Gasteiger partial charge on any atom is 1.00 e. The van der Waals surface area contributed by atoms with Gasteiger partial charge in [-0.1, -0.05) is 151 Å². The molecule has 2 aromatic heterocycles. The number of alkyl halides is 10. The SMILES string of the molecule is ClCCl.ClCCl.FC(F)(F)c1cc(C(F)(F)F)c(-c2cccc(-c3ccccc3)n2)[n-]1.[Cu+].c1ccc([PH+](c2ccccc2)c2ccccc2Oc2ccccc2[PH+](c2ccccc2)c2ccccc2)cc1. The number of hydrogen-bond acceptors (Lipinski definition) is 2. The van der Waals surface area contributed by atoms with Crippen LogP contribution in [0.1, 0.15) is 11.3 Å². The Labute approximate surface area is 442 Å². The molecule has 7 aromatic carbocycles. The minimum absolute atomic E-state index is 0. The summed E-state index contributed by atoms with van der Waals surface area (Å²) in [6, 6.07) is 73.3. The maximum absolute atomic E-state index is 13.1. The fraction of sp³-hybridized carbons (Fsp3) is 0.0727. The number of ether oxygens (including phenoxy) is 1. The molecule has 0 aliphatic heterocycles. The van der Waals surface area contributed by atoms with E-state index in [1.165, 1.54) is 44.0 Å². The van der Waals surface area contributed by atoms with Crippen molar-refractivity contribution in [3.63, 3.8) is 0 Å². The molecule has 0 saturated carbocycles. The van der Waals surface area contributed by atoms with Crippen molar-refractivity contribution in [1.82, 2.24) is 9.97 Å². The summed E-state index contributed by atoms with van der Waals surface area (Å²) in [4.78, 5) is 7.20. The molecule has 16 heteroatoms. The molecule has 0 aliphatic carbocycles. The van der Waals surface area contributed by atoms with E-state index in [2.05, 4.69) is 180 Å². The maximum atomic E-state index is 13.1. The van der Waals surface area contributed by atoms with E-state index in [0.717, 1.165) is 11.5 Å². The molecule has 9 rings (SSSR count). The van der Waals surface area contributed by atoms with Crippen molar-refractivity contribution >= 4 is 94.1 Å². The number of aromatic nitrogens is 2. The Morgan fingerprint density at radius 3 is 1.13 bits per heavy atom. The van der Waals surface area contributed by atoms with Gasteiger partial charge in [-0.15, -0.1) is 46.4 Å². The van der Waals surface area contributed by atoms with Crippen LogP contribution in [0, 0.1) is 0 Å². The molecule has 0 spiro atoms. The largest absolute Gasteiger partial charge is 1.00 e. The number of para-hydroxylation sites is 2. The van der Waals surface area contributed by atoms with Gasteiger partial charge in [-0.2, -0.15) is 26.3 Å². The van der Waals surface area contributed by atoms with Gasteiger partial charge in [0.15, 0.2) is 11.5 Å². The number of halogens is 10. The summed E-state index contributed by atoms with van der Waals surface area (Å²) in [5.74, 6) is 1.85. The van der Waals surface area contributed by atoms with Gasteiger partial charge in [-0.3, -0.25) is 0 Å². The summed E-state index contributed by atoms with van der Waals surface area (Å²) in [6.45, 7) is 0. The first-order valence-corrected chi connectivity index (χ1v) is 26.4. The second-order valence-corrected chi connectivity index (χ2v) is 21.2. The summed E-state index contributed by atoms with van der Waals surface area (Å²) < 4.78 is 84.6. The van der Waals surface area contributed by atoms with Crippen molar-refractivity contribution in [1.29, 1.82) is 0 Å². The number of benzene rings is 7. The summed E-state index contributed by atoms with van der Waals surface area (Å²) in [5.41, 5.74) is -3.20. The first kappa shape index (κ1) is 56.8. The van der Waals surface area contributed by atoms with Gasteiger partial charge in [0.2, 0.25) is 0 Å². The van der Waals surface area contributed by atoms with Gasteiger partial charge in [-0.25, -0.2) is 4.98 Å². The van der Waals surface area contributed by atoms with Crippen LogP contribution in [-0.4, -0.2) is 15.7 Å². The molecule has 0 unspecified atom stereocenters. The van der Waals surface area contributed by atoms with E-state index >= 15 is 0 Å². The van der Waals surface area contributed by atoms with Crippen molar-refractivity contribution in [2.24, 2.45) is 0 Å². The van der Waals surface area contributed by atoms with Crippen molar-refractivity contribution in [3.05, 3.63) is 236 Å². The molecule has 0 aliphatic rings. The van der Waals surface area contributed by atoms with Gasteiger partial charge in [0.05, 0.1) is 16.4 Å². The van der Waals surface area contributed by atoms with Crippen LogP contribution in [-0.2, 0) is 29.4 Å². The molecule has 0 saturated heterocycles. The van der Waals surface area contributed by atoms with Gasteiger partial charge >= 0.3 is 29.4 Å². The third kappa shape index (κ3) is 15.9. The Kier molecular flexibility index (Phi) is 22.6. The topological polar surface area (TPSA) is 36.2 Å². The molecular weight excluding hydrogens is 1090 g/mol. The van der Waals surface area contributed by atoms with E-state index in [1.807, 2.05) is 0 Å². The minimum atomic E-state index is -4.98. The van der Waals surface area contributed by atoms with Crippen LogP contribution in [0.15, 0.2) is 224 Å². The zero-order chi connectivity index (χ0) is 49.9. The monoisotopic (exact) mass is 1130 g/mol. The molecule has 0 amide bonds. The Morgan fingerprint density at radius 1 is 0.423 bits per heavy atom. The zero-order valence-electron chi connectivity index (χ0n) is 37.2. The van der Waals surface area contributed by atoms with E-state index in [0.29, 0.717) is 11.3 Å². The fourth-order valence-electron chi connectivity index (χ4n) is 7.33. The van der Waals surface area contributed by atoms with Gasteiger partial charge in [0.1, 0.15) is 47.7 Å². The van der Waals surface area contributed by atoms with Crippen molar-refractivity contribution in [2.45, 2.75) is 12.4 Å².